The standard InChI is InChI=1S/C13H19ClN2O2S/c1-2-16(8-10-4-6-12(14)19-10)13(17)11-5-3-9(7-15)18-11/h4,6,9,11H,2-3,5,7-8,15H2,1H3/t9-,11+/m1/s1. The molecule has 2 heterocycles. The molecular formula is C13H19ClN2O2S. The van der Waals surface area contributed by atoms with Crippen LogP contribution in [-0.2, 0) is 16.1 Å². The Labute approximate surface area is 122 Å². The van der Waals surface area contributed by atoms with E-state index in [0.29, 0.717) is 19.6 Å². The van der Waals surface area contributed by atoms with Gasteiger partial charge >= 0.3 is 0 Å². The molecule has 0 aliphatic carbocycles. The molecule has 4 nitrogen and oxygen atoms in total. The van der Waals surface area contributed by atoms with Crippen molar-refractivity contribution in [3.05, 3.63) is 21.3 Å². The van der Waals surface area contributed by atoms with Crippen molar-refractivity contribution in [2.24, 2.45) is 5.73 Å². The molecule has 0 saturated carbocycles. The Hall–Kier alpha value is -0.620. The van der Waals surface area contributed by atoms with Crippen molar-refractivity contribution in [2.75, 3.05) is 13.1 Å². The zero-order valence-corrected chi connectivity index (χ0v) is 12.5. The second-order valence-corrected chi connectivity index (χ2v) is 6.42. The summed E-state index contributed by atoms with van der Waals surface area (Å²) in [5.74, 6) is 0.0583. The molecule has 0 radical (unpaired) electrons. The highest BCUT2D eigenvalue weighted by atomic mass is 35.5. The second kappa shape index (κ2) is 6.70. The topological polar surface area (TPSA) is 55.6 Å². The molecular weight excluding hydrogens is 284 g/mol. The number of hydrogen-bond acceptors (Lipinski definition) is 4. The Morgan fingerprint density at radius 2 is 2.37 bits per heavy atom. The van der Waals surface area contributed by atoms with Crippen molar-refractivity contribution < 1.29 is 9.53 Å². The van der Waals surface area contributed by atoms with E-state index < -0.39 is 0 Å². The molecule has 2 N–H and O–H groups in total. The highest BCUT2D eigenvalue weighted by molar-refractivity contribution is 7.16. The summed E-state index contributed by atoms with van der Waals surface area (Å²) in [5.41, 5.74) is 5.57. The highest BCUT2D eigenvalue weighted by Crippen LogP contribution is 2.25. The molecule has 1 aliphatic heterocycles. The Balaban J connectivity index is 1.95. The minimum absolute atomic E-state index is 0.0313. The molecule has 1 fully saturated rings. The summed E-state index contributed by atoms with van der Waals surface area (Å²) in [6, 6.07) is 3.82. The Morgan fingerprint density at radius 3 is 2.89 bits per heavy atom. The van der Waals surface area contributed by atoms with Crippen LogP contribution in [0.4, 0.5) is 0 Å². The van der Waals surface area contributed by atoms with Gasteiger partial charge in [0.1, 0.15) is 6.10 Å². The van der Waals surface area contributed by atoms with E-state index in [2.05, 4.69) is 0 Å². The van der Waals surface area contributed by atoms with Crippen LogP contribution in [0.5, 0.6) is 0 Å². The highest BCUT2D eigenvalue weighted by Gasteiger charge is 2.32. The molecule has 0 aromatic carbocycles. The number of nitrogens with two attached hydrogens (primary N) is 1. The minimum atomic E-state index is -0.330. The van der Waals surface area contributed by atoms with Crippen LogP contribution >= 0.6 is 22.9 Å². The van der Waals surface area contributed by atoms with Gasteiger partial charge in [0.2, 0.25) is 0 Å². The van der Waals surface area contributed by atoms with Crippen molar-refractivity contribution in [3.8, 4) is 0 Å². The largest absolute Gasteiger partial charge is 0.364 e. The van der Waals surface area contributed by atoms with E-state index in [1.807, 2.05) is 24.0 Å². The van der Waals surface area contributed by atoms with E-state index in [4.69, 9.17) is 22.1 Å². The zero-order chi connectivity index (χ0) is 13.8. The number of rotatable bonds is 5. The van der Waals surface area contributed by atoms with Crippen LogP contribution in [0.1, 0.15) is 24.6 Å². The third-order valence-electron chi connectivity index (χ3n) is 3.31. The summed E-state index contributed by atoms with van der Waals surface area (Å²) in [5, 5.41) is 0. The van der Waals surface area contributed by atoms with Crippen molar-refractivity contribution in [3.63, 3.8) is 0 Å². The van der Waals surface area contributed by atoms with Gasteiger partial charge in [0.05, 0.1) is 17.0 Å². The molecule has 2 rings (SSSR count). The summed E-state index contributed by atoms with van der Waals surface area (Å²) in [6.07, 6.45) is 1.34. The molecule has 0 spiro atoms. The molecule has 1 amide bonds. The molecule has 6 heteroatoms. The quantitative estimate of drug-likeness (QED) is 0.907. The molecule has 1 aromatic heterocycles. The normalized spacial score (nSPS) is 22.7. The minimum Gasteiger partial charge on any atom is -0.364 e. The van der Waals surface area contributed by atoms with Crippen molar-refractivity contribution >= 4 is 28.8 Å². The first-order chi connectivity index (χ1) is 9.13. The molecule has 2 atom stereocenters. The monoisotopic (exact) mass is 302 g/mol. The maximum absolute atomic E-state index is 12.4. The summed E-state index contributed by atoms with van der Waals surface area (Å²) in [6.45, 7) is 3.72. The average molecular weight is 303 g/mol. The Kier molecular flexibility index (Phi) is 5.21. The fourth-order valence-electron chi connectivity index (χ4n) is 2.23. The van der Waals surface area contributed by atoms with E-state index in [-0.39, 0.29) is 18.1 Å². The van der Waals surface area contributed by atoms with Gasteiger partial charge in [0.15, 0.2) is 0 Å². The second-order valence-electron chi connectivity index (χ2n) is 4.62. The van der Waals surface area contributed by atoms with Gasteiger partial charge in [-0.15, -0.1) is 11.3 Å². The third-order valence-corrected chi connectivity index (χ3v) is 4.53. The molecule has 0 bridgehead atoms. The molecule has 1 aromatic rings. The number of carbonyl (C=O) groups excluding carboxylic acids is 1. The summed E-state index contributed by atoms with van der Waals surface area (Å²) in [7, 11) is 0. The Morgan fingerprint density at radius 1 is 1.58 bits per heavy atom. The number of likely N-dealkylation sites (N-methyl/N-ethyl adjacent to an activating group) is 1. The summed E-state index contributed by atoms with van der Waals surface area (Å²) in [4.78, 5) is 15.3. The first-order valence-corrected chi connectivity index (χ1v) is 7.72. The molecule has 106 valence electrons. The lowest BCUT2D eigenvalue weighted by Gasteiger charge is -2.23. The van der Waals surface area contributed by atoms with Crippen molar-refractivity contribution in [1.82, 2.24) is 4.90 Å². The lowest BCUT2D eigenvalue weighted by Crippen LogP contribution is -2.39. The van der Waals surface area contributed by atoms with Crippen LogP contribution in [0, 0.1) is 0 Å². The van der Waals surface area contributed by atoms with E-state index in [0.717, 1.165) is 22.1 Å². The average Bonchev–Trinajstić information content (AvgIpc) is 3.04. The number of ether oxygens (including phenoxy) is 1. The number of amides is 1. The smallest absolute Gasteiger partial charge is 0.252 e. The Bertz CT molecular complexity index is 438. The maximum Gasteiger partial charge on any atom is 0.252 e. The maximum atomic E-state index is 12.4. The number of hydrogen-bond donors (Lipinski definition) is 1. The fraction of sp³-hybridized carbons (Fsp3) is 0.615. The van der Waals surface area contributed by atoms with Crippen LogP contribution in [0.15, 0.2) is 12.1 Å². The van der Waals surface area contributed by atoms with Crippen molar-refractivity contribution in [1.29, 1.82) is 0 Å². The predicted octanol–water partition coefficient (Wildman–Crippen LogP) is 2.26. The zero-order valence-electron chi connectivity index (χ0n) is 11.0. The molecule has 19 heavy (non-hydrogen) atoms. The van der Waals surface area contributed by atoms with Gasteiger partial charge in [-0.1, -0.05) is 11.6 Å². The fourth-order valence-corrected chi connectivity index (χ4v) is 3.34. The third kappa shape index (κ3) is 3.69. The lowest BCUT2D eigenvalue weighted by molar-refractivity contribution is -0.143. The van der Waals surface area contributed by atoms with Gasteiger partial charge in [-0.05, 0) is 31.9 Å². The first-order valence-electron chi connectivity index (χ1n) is 6.52. The van der Waals surface area contributed by atoms with Crippen LogP contribution in [0.3, 0.4) is 0 Å². The van der Waals surface area contributed by atoms with E-state index in [1.165, 1.54) is 11.3 Å². The molecule has 0 unspecified atom stereocenters. The first kappa shape index (κ1) is 14.8. The SMILES string of the molecule is CCN(Cc1ccc(Cl)s1)C(=O)[C@@H]1CC[C@H](CN)O1. The van der Waals surface area contributed by atoms with Crippen LogP contribution in [-0.4, -0.2) is 36.1 Å². The predicted molar refractivity (Wildman–Crippen MR) is 77.4 cm³/mol. The van der Waals surface area contributed by atoms with E-state index >= 15 is 0 Å². The van der Waals surface area contributed by atoms with Crippen molar-refractivity contribution in [2.45, 2.75) is 38.5 Å². The summed E-state index contributed by atoms with van der Waals surface area (Å²) >= 11 is 7.42. The summed E-state index contributed by atoms with van der Waals surface area (Å²) < 4.78 is 6.41. The van der Waals surface area contributed by atoms with Gasteiger partial charge in [0, 0.05) is 18.0 Å². The van der Waals surface area contributed by atoms with E-state index in [1.54, 1.807) is 0 Å². The number of thiophene rings is 1. The number of halogens is 1. The van der Waals surface area contributed by atoms with Gasteiger partial charge in [0.25, 0.3) is 5.91 Å². The number of nitrogens with zero attached hydrogens (tertiary/aromatic N) is 1. The van der Waals surface area contributed by atoms with Crippen LogP contribution in [0.2, 0.25) is 4.34 Å². The lowest BCUT2D eigenvalue weighted by atomic mass is 10.2. The van der Waals surface area contributed by atoms with Crippen LogP contribution < -0.4 is 5.73 Å². The van der Waals surface area contributed by atoms with Gasteiger partial charge < -0.3 is 15.4 Å². The van der Waals surface area contributed by atoms with Gasteiger partial charge in [-0.2, -0.15) is 0 Å². The van der Waals surface area contributed by atoms with Gasteiger partial charge in [-0.25, -0.2) is 0 Å². The van der Waals surface area contributed by atoms with E-state index in [9.17, 15) is 4.79 Å². The molecule has 1 saturated heterocycles. The van der Waals surface area contributed by atoms with Crippen LogP contribution in [0.25, 0.3) is 0 Å². The van der Waals surface area contributed by atoms with Gasteiger partial charge in [-0.3, -0.25) is 4.79 Å². The number of carbonyl (C=O) groups is 1. The molecule has 1 aliphatic rings.